The van der Waals surface area contributed by atoms with E-state index in [2.05, 4.69) is 5.32 Å². The van der Waals surface area contributed by atoms with Gasteiger partial charge in [0.25, 0.3) is 11.8 Å². The standard InChI is InChI=1S/C19H22N2O4S/c1-3-21(12-15-7-5-4-6-8-15)17(22)13-25-18(23)11-20-19(24)16-10-9-14(2)26-16/h4-10H,3,11-13H2,1-2H3,(H,20,24). The number of nitrogens with zero attached hydrogens (tertiary/aromatic N) is 1. The third-order valence-electron chi connectivity index (χ3n) is 3.66. The van der Waals surface area contributed by atoms with Crippen molar-refractivity contribution in [3.8, 4) is 0 Å². The minimum Gasteiger partial charge on any atom is -0.454 e. The zero-order valence-electron chi connectivity index (χ0n) is 14.9. The van der Waals surface area contributed by atoms with Crippen LogP contribution < -0.4 is 5.32 Å². The van der Waals surface area contributed by atoms with Gasteiger partial charge in [0.05, 0.1) is 4.88 Å². The summed E-state index contributed by atoms with van der Waals surface area (Å²) in [6, 6.07) is 13.1. The van der Waals surface area contributed by atoms with Gasteiger partial charge >= 0.3 is 5.97 Å². The van der Waals surface area contributed by atoms with Gasteiger partial charge in [-0.25, -0.2) is 0 Å². The van der Waals surface area contributed by atoms with E-state index in [0.29, 0.717) is 18.0 Å². The molecule has 0 saturated heterocycles. The number of rotatable bonds is 8. The van der Waals surface area contributed by atoms with Crippen LogP contribution in [0.2, 0.25) is 0 Å². The first-order valence-electron chi connectivity index (χ1n) is 8.31. The summed E-state index contributed by atoms with van der Waals surface area (Å²) in [4.78, 5) is 39.0. The zero-order valence-corrected chi connectivity index (χ0v) is 15.7. The van der Waals surface area contributed by atoms with Crippen molar-refractivity contribution in [3.05, 3.63) is 57.8 Å². The number of hydrogen-bond acceptors (Lipinski definition) is 5. The monoisotopic (exact) mass is 374 g/mol. The Morgan fingerprint density at radius 3 is 2.46 bits per heavy atom. The first kappa shape index (κ1) is 19.7. The number of amides is 2. The molecule has 7 heteroatoms. The van der Waals surface area contributed by atoms with Gasteiger partial charge in [0, 0.05) is 18.0 Å². The van der Waals surface area contributed by atoms with E-state index in [1.807, 2.05) is 50.2 Å². The Hall–Kier alpha value is -2.67. The molecule has 0 aliphatic rings. The molecule has 2 aromatic rings. The first-order chi connectivity index (χ1) is 12.5. The Morgan fingerprint density at radius 2 is 1.85 bits per heavy atom. The number of carbonyl (C=O) groups is 3. The molecule has 1 N–H and O–H groups in total. The number of nitrogens with one attached hydrogen (secondary N) is 1. The highest BCUT2D eigenvalue weighted by Crippen LogP contribution is 2.14. The number of esters is 1. The number of likely N-dealkylation sites (N-methyl/N-ethyl adjacent to an activating group) is 1. The third kappa shape index (κ3) is 6.00. The van der Waals surface area contributed by atoms with Crippen LogP contribution in [0, 0.1) is 6.92 Å². The lowest BCUT2D eigenvalue weighted by Crippen LogP contribution is -2.36. The summed E-state index contributed by atoms with van der Waals surface area (Å²) >= 11 is 1.35. The average Bonchev–Trinajstić information content (AvgIpc) is 3.09. The molecule has 0 aliphatic heterocycles. The number of benzene rings is 1. The van der Waals surface area contributed by atoms with Crippen LogP contribution in [0.5, 0.6) is 0 Å². The van der Waals surface area contributed by atoms with Crippen molar-refractivity contribution >= 4 is 29.1 Å². The van der Waals surface area contributed by atoms with Gasteiger partial charge in [0.1, 0.15) is 6.54 Å². The van der Waals surface area contributed by atoms with Crippen LogP contribution in [0.25, 0.3) is 0 Å². The van der Waals surface area contributed by atoms with Gasteiger partial charge in [-0.3, -0.25) is 14.4 Å². The van der Waals surface area contributed by atoms with E-state index in [0.717, 1.165) is 10.4 Å². The van der Waals surface area contributed by atoms with Crippen LogP contribution in [0.3, 0.4) is 0 Å². The van der Waals surface area contributed by atoms with Crippen LogP contribution in [-0.4, -0.2) is 42.4 Å². The van der Waals surface area contributed by atoms with E-state index < -0.39 is 5.97 Å². The molecule has 0 radical (unpaired) electrons. The maximum atomic E-state index is 12.2. The van der Waals surface area contributed by atoms with Crippen molar-refractivity contribution in [2.24, 2.45) is 0 Å². The Morgan fingerprint density at radius 1 is 1.12 bits per heavy atom. The van der Waals surface area contributed by atoms with E-state index in [9.17, 15) is 14.4 Å². The second-order valence-electron chi connectivity index (χ2n) is 5.65. The molecule has 1 heterocycles. The molecule has 1 aromatic heterocycles. The number of thiophene rings is 1. The molecular weight excluding hydrogens is 352 g/mol. The Labute approximate surface area is 156 Å². The molecule has 0 atom stereocenters. The van der Waals surface area contributed by atoms with Crippen molar-refractivity contribution in [1.82, 2.24) is 10.2 Å². The fourth-order valence-electron chi connectivity index (χ4n) is 2.26. The molecule has 6 nitrogen and oxygen atoms in total. The molecule has 2 rings (SSSR count). The van der Waals surface area contributed by atoms with Gasteiger partial charge in [-0.15, -0.1) is 11.3 Å². The topological polar surface area (TPSA) is 75.7 Å². The Bertz CT molecular complexity index is 758. The minimum absolute atomic E-state index is 0.270. The average molecular weight is 374 g/mol. The molecular formula is C19H22N2O4S. The summed E-state index contributed by atoms with van der Waals surface area (Å²) in [5, 5.41) is 2.49. The first-order valence-corrected chi connectivity index (χ1v) is 9.13. The van der Waals surface area contributed by atoms with E-state index >= 15 is 0 Å². The smallest absolute Gasteiger partial charge is 0.325 e. The van der Waals surface area contributed by atoms with E-state index in [-0.39, 0.29) is 25.0 Å². The third-order valence-corrected chi connectivity index (χ3v) is 4.66. The maximum Gasteiger partial charge on any atom is 0.325 e. The van der Waals surface area contributed by atoms with E-state index in [1.165, 1.54) is 11.3 Å². The number of carbonyl (C=O) groups excluding carboxylic acids is 3. The largest absolute Gasteiger partial charge is 0.454 e. The molecule has 0 aliphatic carbocycles. The summed E-state index contributed by atoms with van der Waals surface area (Å²) in [6.07, 6.45) is 0. The summed E-state index contributed by atoms with van der Waals surface area (Å²) in [7, 11) is 0. The molecule has 0 bridgehead atoms. The van der Waals surface area contributed by atoms with Crippen molar-refractivity contribution in [2.75, 3.05) is 19.7 Å². The minimum atomic E-state index is -0.643. The zero-order chi connectivity index (χ0) is 18.9. The van der Waals surface area contributed by atoms with Crippen molar-refractivity contribution < 1.29 is 19.1 Å². The van der Waals surface area contributed by atoms with Crippen molar-refractivity contribution in [3.63, 3.8) is 0 Å². The van der Waals surface area contributed by atoms with Gasteiger partial charge in [0.2, 0.25) is 0 Å². The molecule has 2 amide bonds. The van der Waals surface area contributed by atoms with Crippen LogP contribution in [0.4, 0.5) is 0 Å². The fraction of sp³-hybridized carbons (Fsp3) is 0.316. The highest BCUT2D eigenvalue weighted by molar-refractivity contribution is 7.13. The van der Waals surface area contributed by atoms with Gasteiger partial charge in [-0.1, -0.05) is 30.3 Å². The van der Waals surface area contributed by atoms with Gasteiger partial charge in [-0.2, -0.15) is 0 Å². The van der Waals surface area contributed by atoms with Crippen LogP contribution in [-0.2, 0) is 20.9 Å². The molecule has 1 aromatic carbocycles. The highest BCUT2D eigenvalue weighted by atomic mass is 32.1. The van der Waals surface area contributed by atoms with Gasteiger partial charge < -0.3 is 15.0 Å². The molecule has 0 saturated carbocycles. The predicted octanol–water partition coefficient (Wildman–Crippen LogP) is 2.38. The predicted molar refractivity (Wildman–Crippen MR) is 99.9 cm³/mol. The highest BCUT2D eigenvalue weighted by Gasteiger charge is 2.16. The second kappa shape index (κ2) is 9.72. The molecule has 138 valence electrons. The fourth-order valence-corrected chi connectivity index (χ4v) is 3.04. The lowest BCUT2D eigenvalue weighted by Gasteiger charge is -2.20. The number of aryl methyl sites for hydroxylation is 1. The molecule has 0 unspecified atom stereocenters. The molecule has 0 fully saturated rings. The van der Waals surface area contributed by atoms with E-state index in [4.69, 9.17) is 4.74 Å². The Balaban J connectivity index is 1.74. The lowest BCUT2D eigenvalue weighted by atomic mass is 10.2. The van der Waals surface area contributed by atoms with Crippen molar-refractivity contribution in [2.45, 2.75) is 20.4 Å². The quantitative estimate of drug-likeness (QED) is 0.720. The summed E-state index contributed by atoms with van der Waals surface area (Å²) < 4.78 is 4.97. The Kier molecular flexibility index (Phi) is 7.35. The maximum absolute atomic E-state index is 12.2. The normalized spacial score (nSPS) is 10.2. The van der Waals surface area contributed by atoms with Gasteiger partial charge in [0.15, 0.2) is 6.61 Å². The van der Waals surface area contributed by atoms with Crippen LogP contribution in [0.1, 0.15) is 27.0 Å². The summed E-state index contributed by atoms with van der Waals surface area (Å²) in [5.41, 5.74) is 1.01. The number of ether oxygens (including phenoxy) is 1. The number of hydrogen-bond donors (Lipinski definition) is 1. The van der Waals surface area contributed by atoms with E-state index in [1.54, 1.807) is 11.0 Å². The van der Waals surface area contributed by atoms with Crippen LogP contribution >= 0.6 is 11.3 Å². The SMILES string of the molecule is CCN(Cc1ccccc1)C(=O)COC(=O)CNC(=O)c1ccc(C)s1. The summed E-state index contributed by atoms with van der Waals surface area (Å²) in [6.45, 7) is 4.13. The molecule has 0 spiro atoms. The van der Waals surface area contributed by atoms with Crippen molar-refractivity contribution in [1.29, 1.82) is 0 Å². The summed E-state index contributed by atoms with van der Waals surface area (Å²) in [5.74, 6) is -1.24. The van der Waals surface area contributed by atoms with Gasteiger partial charge in [-0.05, 0) is 31.5 Å². The van der Waals surface area contributed by atoms with Crippen LogP contribution in [0.15, 0.2) is 42.5 Å². The second-order valence-corrected chi connectivity index (χ2v) is 6.94. The lowest BCUT2D eigenvalue weighted by molar-refractivity contribution is -0.151. The molecule has 26 heavy (non-hydrogen) atoms.